The van der Waals surface area contributed by atoms with Crippen molar-refractivity contribution in [3.05, 3.63) is 29.8 Å². The third-order valence-electron chi connectivity index (χ3n) is 4.56. The molecule has 5 heteroatoms. The first-order valence-corrected chi connectivity index (χ1v) is 7.74. The van der Waals surface area contributed by atoms with Crippen molar-refractivity contribution < 1.29 is 14.3 Å². The highest BCUT2D eigenvalue weighted by Crippen LogP contribution is 2.40. The fourth-order valence-corrected chi connectivity index (χ4v) is 3.12. The topological polar surface area (TPSA) is 81.4 Å². The Labute approximate surface area is 131 Å². The maximum atomic E-state index is 12.8. The summed E-state index contributed by atoms with van der Waals surface area (Å²) in [6, 6.07) is 6.97. The van der Waals surface area contributed by atoms with Gasteiger partial charge in [-0.15, -0.1) is 0 Å². The lowest BCUT2D eigenvalue weighted by molar-refractivity contribution is -0.131. The summed E-state index contributed by atoms with van der Waals surface area (Å²) >= 11 is 0. The second-order valence-corrected chi connectivity index (χ2v) is 5.97. The summed E-state index contributed by atoms with van der Waals surface area (Å²) in [5, 5.41) is 2.77. The molecule has 1 fully saturated rings. The zero-order chi connectivity index (χ0) is 16.2. The fraction of sp³-hybridized carbons (Fsp3) is 0.529. The summed E-state index contributed by atoms with van der Waals surface area (Å²) in [4.78, 5) is 24.1. The molecule has 0 saturated heterocycles. The number of amides is 2. The van der Waals surface area contributed by atoms with Gasteiger partial charge in [-0.1, -0.05) is 31.4 Å². The van der Waals surface area contributed by atoms with Gasteiger partial charge in [0.25, 0.3) is 0 Å². The molecule has 1 atom stereocenters. The molecule has 1 saturated carbocycles. The second-order valence-electron chi connectivity index (χ2n) is 5.97. The lowest BCUT2D eigenvalue weighted by Crippen LogP contribution is -2.51. The molecule has 120 valence electrons. The van der Waals surface area contributed by atoms with Crippen LogP contribution in [0.2, 0.25) is 0 Å². The number of carbonyl (C=O) groups excluding carboxylic acids is 2. The van der Waals surface area contributed by atoms with Gasteiger partial charge in [-0.05, 0) is 37.5 Å². The van der Waals surface area contributed by atoms with E-state index in [-0.39, 0.29) is 5.91 Å². The van der Waals surface area contributed by atoms with Gasteiger partial charge < -0.3 is 15.8 Å². The van der Waals surface area contributed by atoms with Gasteiger partial charge in [-0.2, -0.15) is 0 Å². The van der Waals surface area contributed by atoms with Gasteiger partial charge >= 0.3 is 0 Å². The maximum Gasteiger partial charge on any atom is 0.239 e. The Morgan fingerprint density at radius 3 is 2.27 bits per heavy atom. The Balaban J connectivity index is 2.30. The van der Waals surface area contributed by atoms with Crippen molar-refractivity contribution in [2.75, 3.05) is 7.11 Å². The molecule has 0 aromatic heterocycles. The number of primary amides is 1. The first kappa shape index (κ1) is 16.3. The zero-order valence-electron chi connectivity index (χ0n) is 13.2. The summed E-state index contributed by atoms with van der Waals surface area (Å²) in [6.07, 6.45) is 4.72. The smallest absolute Gasteiger partial charge is 0.239 e. The first-order chi connectivity index (χ1) is 10.5. The minimum Gasteiger partial charge on any atom is -0.497 e. The molecule has 0 spiro atoms. The van der Waals surface area contributed by atoms with E-state index in [2.05, 4.69) is 5.32 Å². The maximum absolute atomic E-state index is 12.8. The standard InChI is InChI=1S/C17H24N2O3/c1-12(15(18)20)19-16(21)17(10-4-3-5-11-17)13-6-8-14(22-2)9-7-13/h6-9,12H,3-5,10-11H2,1-2H3,(H2,18,20)(H,19,21)/t12-/m0/s1. The number of benzene rings is 1. The van der Waals surface area contributed by atoms with E-state index in [0.717, 1.165) is 43.4 Å². The van der Waals surface area contributed by atoms with E-state index in [1.54, 1.807) is 14.0 Å². The van der Waals surface area contributed by atoms with Gasteiger partial charge in [0.2, 0.25) is 11.8 Å². The van der Waals surface area contributed by atoms with Crippen molar-refractivity contribution in [3.63, 3.8) is 0 Å². The Bertz CT molecular complexity index is 533. The monoisotopic (exact) mass is 304 g/mol. The van der Waals surface area contributed by atoms with E-state index in [1.165, 1.54) is 0 Å². The van der Waals surface area contributed by atoms with Crippen LogP contribution >= 0.6 is 0 Å². The summed E-state index contributed by atoms with van der Waals surface area (Å²) in [5.74, 6) is 0.137. The van der Waals surface area contributed by atoms with E-state index in [0.29, 0.717) is 0 Å². The van der Waals surface area contributed by atoms with Gasteiger partial charge in [0.15, 0.2) is 0 Å². The van der Waals surface area contributed by atoms with Crippen LogP contribution in [-0.4, -0.2) is 25.0 Å². The zero-order valence-corrected chi connectivity index (χ0v) is 13.2. The number of hydrogen-bond acceptors (Lipinski definition) is 3. The van der Waals surface area contributed by atoms with E-state index < -0.39 is 17.4 Å². The highest BCUT2D eigenvalue weighted by atomic mass is 16.5. The van der Waals surface area contributed by atoms with Crippen molar-refractivity contribution >= 4 is 11.8 Å². The van der Waals surface area contributed by atoms with E-state index in [9.17, 15) is 9.59 Å². The molecule has 2 amide bonds. The largest absolute Gasteiger partial charge is 0.497 e. The average Bonchev–Trinajstić information content (AvgIpc) is 2.55. The van der Waals surface area contributed by atoms with Crippen LogP contribution in [0.15, 0.2) is 24.3 Å². The third-order valence-corrected chi connectivity index (χ3v) is 4.56. The minimum atomic E-state index is -0.662. The van der Waals surface area contributed by atoms with Crippen molar-refractivity contribution in [2.24, 2.45) is 5.73 Å². The number of carbonyl (C=O) groups is 2. The molecule has 0 heterocycles. The van der Waals surface area contributed by atoms with Crippen molar-refractivity contribution in [2.45, 2.75) is 50.5 Å². The predicted molar refractivity (Wildman–Crippen MR) is 84.6 cm³/mol. The summed E-state index contributed by atoms with van der Waals surface area (Å²) in [5.41, 5.74) is 5.66. The van der Waals surface area contributed by atoms with E-state index >= 15 is 0 Å². The van der Waals surface area contributed by atoms with Crippen LogP contribution in [0.25, 0.3) is 0 Å². The molecule has 0 aliphatic heterocycles. The van der Waals surface area contributed by atoms with Gasteiger partial charge in [-0.3, -0.25) is 9.59 Å². The number of hydrogen-bond donors (Lipinski definition) is 2. The first-order valence-electron chi connectivity index (χ1n) is 7.74. The van der Waals surface area contributed by atoms with Crippen LogP contribution < -0.4 is 15.8 Å². The second kappa shape index (κ2) is 6.81. The number of nitrogens with two attached hydrogens (primary N) is 1. The molecule has 0 bridgehead atoms. The lowest BCUT2D eigenvalue weighted by Gasteiger charge is -2.37. The molecule has 2 rings (SSSR count). The van der Waals surface area contributed by atoms with E-state index in [1.807, 2.05) is 24.3 Å². The van der Waals surface area contributed by atoms with Gasteiger partial charge in [0, 0.05) is 0 Å². The Morgan fingerprint density at radius 2 is 1.77 bits per heavy atom. The van der Waals surface area contributed by atoms with Crippen LogP contribution in [0.4, 0.5) is 0 Å². The van der Waals surface area contributed by atoms with Crippen LogP contribution in [0.5, 0.6) is 5.75 Å². The van der Waals surface area contributed by atoms with Gasteiger partial charge in [0.05, 0.1) is 12.5 Å². The summed E-state index contributed by atoms with van der Waals surface area (Å²) in [7, 11) is 1.62. The predicted octanol–water partition coefficient (Wildman–Crippen LogP) is 1.89. The fourth-order valence-electron chi connectivity index (χ4n) is 3.12. The van der Waals surface area contributed by atoms with Crippen LogP contribution in [0.1, 0.15) is 44.6 Å². The molecule has 5 nitrogen and oxygen atoms in total. The molecule has 0 radical (unpaired) electrons. The number of ether oxygens (including phenoxy) is 1. The van der Waals surface area contributed by atoms with Gasteiger partial charge in [-0.25, -0.2) is 0 Å². The number of nitrogens with one attached hydrogen (secondary N) is 1. The Morgan fingerprint density at radius 1 is 1.18 bits per heavy atom. The molecular formula is C17H24N2O3. The quantitative estimate of drug-likeness (QED) is 0.871. The number of methoxy groups -OCH3 is 1. The number of rotatable bonds is 5. The van der Waals surface area contributed by atoms with Crippen LogP contribution in [0.3, 0.4) is 0 Å². The van der Waals surface area contributed by atoms with Crippen molar-refractivity contribution in [1.29, 1.82) is 0 Å². The Hall–Kier alpha value is -2.04. The molecule has 3 N–H and O–H groups in total. The highest BCUT2D eigenvalue weighted by molar-refractivity contribution is 5.92. The summed E-state index contributed by atoms with van der Waals surface area (Å²) < 4.78 is 5.18. The molecule has 22 heavy (non-hydrogen) atoms. The molecule has 1 aliphatic rings. The third kappa shape index (κ3) is 3.24. The van der Waals surface area contributed by atoms with Crippen LogP contribution in [0, 0.1) is 0 Å². The molecule has 1 aliphatic carbocycles. The minimum absolute atomic E-state index is 0.108. The average molecular weight is 304 g/mol. The molecule has 1 aromatic rings. The van der Waals surface area contributed by atoms with Gasteiger partial charge in [0.1, 0.15) is 11.8 Å². The van der Waals surface area contributed by atoms with Crippen molar-refractivity contribution in [1.82, 2.24) is 5.32 Å². The lowest BCUT2D eigenvalue weighted by atomic mass is 9.68. The molecule has 1 aromatic carbocycles. The molecular weight excluding hydrogens is 280 g/mol. The highest BCUT2D eigenvalue weighted by Gasteiger charge is 2.41. The SMILES string of the molecule is COc1ccc(C2(C(=O)N[C@@H](C)C(N)=O)CCCCC2)cc1. The van der Waals surface area contributed by atoms with E-state index in [4.69, 9.17) is 10.5 Å². The van der Waals surface area contributed by atoms with Crippen LogP contribution in [-0.2, 0) is 15.0 Å². The summed E-state index contributed by atoms with van der Waals surface area (Å²) in [6.45, 7) is 1.62. The van der Waals surface area contributed by atoms with Crippen molar-refractivity contribution in [3.8, 4) is 5.75 Å². The Kier molecular flexibility index (Phi) is 5.06. The molecule has 0 unspecified atom stereocenters. The normalized spacial score (nSPS) is 18.3.